The summed E-state index contributed by atoms with van der Waals surface area (Å²) < 4.78 is 0. The van der Waals surface area contributed by atoms with Crippen LogP contribution in [0.2, 0.25) is 0 Å². The molecule has 0 radical (unpaired) electrons. The summed E-state index contributed by atoms with van der Waals surface area (Å²) in [5.41, 5.74) is 0. The van der Waals surface area contributed by atoms with Gasteiger partial charge in [-0.1, -0.05) is 0 Å². The fourth-order valence-electron chi connectivity index (χ4n) is 2.42. The van der Waals surface area contributed by atoms with Gasteiger partial charge in [0.1, 0.15) is 0 Å². The van der Waals surface area contributed by atoms with Crippen molar-refractivity contribution < 1.29 is 9.90 Å². The Morgan fingerprint density at radius 2 is 2.31 bits per heavy atom. The lowest BCUT2D eigenvalue weighted by Crippen LogP contribution is -2.39. The first kappa shape index (κ1) is 13.5. The van der Waals surface area contributed by atoms with Gasteiger partial charge in [-0.25, -0.2) is 0 Å². The van der Waals surface area contributed by atoms with Gasteiger partial charge in [-0.15, -0.1) is 0 Å². The van der Waals surface area contributed by atoms with Gasteiger partial charge >= 0.3 is 5.97 Å². The highest BCUT2D eigenvalue weighted by Crippen LogP contribution is 2.16. The molecular weight excluding hydrogens is 204 g/mol. The molecule has 0 saturated carbocycles. The first-order chi connectivity index (χ1) is 7.72. The second-order valence-corrected chi connectivity index (χ2v) is 4.72. The summed E-state index contributed by atoms with van der Waals surface area (Å²) in [6.45, 7) is 4.53. The summed E-state index contributed by atoms with van der Waals surface area (Å²) in [6, 6.07) is 0. The molecule has 0 aromatic rings. The second kappa shape index (κ2) is 7.63. The summed E-state index contributed by atoms with van der Waals surface area (Å²) in [7, 11) is 2.01. The quantitative estimate of drug-likeness (QED) is 0.642. The Labute approximate surface area is 98.0 Å². The van der Waals surface area contributed by atoms with E-state index in [0.717, 1.165) is 31.8 Å². The number of aliphatic carboxylic acids is 1. The molecule has 1 atom stereocenters. The zero-order valence-corrected chi connectivity index (χ0v) is 10.2. The molecule has 16 heavy (non-hydrogen) atoms. The molecule has 4 heteroatoms. The zero-order valence-electron chi connectivity index (χ0n) is 10.2. The van der Waals surface area contributed by atoms with Gasteiger partial charge in [0.2, 0.25) is 0 Å². The van der Waals surface area contributed by atoms with E-state index in [1.165, 1.54) is 25.9 Å². The molecule has 0 aromatic heterocycles. The minimum absolute atomic E-state index is 0.313. The van der Waals surface area contributed by atoms with Gasteiger partial charge in [0.25, 0.3) is 0 Å². The van der Waals surface area contributed by atoms with Crippen molar-refractivity contribution in [1.29, 1.82) is 0 Å². The molecule has 0 aromatic carbocycles. The molecule has 0 amide bonds. The maximum Gasteiger partial charge on any atom is 0.303 e. The number of nitrogens with one attached hydrogen (secondary N) is 1. The van der Waals surface area contributed by atoms with Crippen molar-refractivity contribution in [2.24, 2.45) is 5.92 Å². The van der Waals surface area contributed by atoms with Crippen molar-refractivity contribution in [3.8, 4) is 0 Å². The van der Waals surface area contributed by atoms with E-state index in [-0.39, 0.29) is 0 Å². The molecule has 1 fully saturated rings. The molecule has 0 bridgehead atoms. The van der Waals surface area contributed by atoms with Crippen LogP contribution in [0.3, 0.4) is 0 Å². The number of rotatable bonds is 7. The monoisotopic (exact) mass is 228 g/mol. The Hall–Kier alpha value is -0.610. The van der Waals surface area contributed by atoms with E-state index in [9.17, 15) is 4.79 Å². The normalized spacial score (nSPS) is 22.2. The van der Waals surface area contributed by atoms with Crippen LogP contribution < -0.4 is 5.32 Å². The smallest absolute Gasteiger partial charge is 0.303 e. The highest BCUT2D eigenvalue weighted by atomic mass is 16.4. The Morgan fingerprint density at radius 1 is 1.50 bits per heavy atom. The van der Waals surface area contributed by atoms with Crippen LogP contribution in [-0.2, 0) is 4.79 Å². The lowest BCUT2D eigenvalue weighted by Gasteiger charge is -2.32. The average Bonchev–Trinajstić information content (AvgIpc) is 2.25. The number of likely N-dealkylation sites (tertiary alicyclic amines) is 1. The molecule has 1 unspecified atom stereocenters. The predicted octanol–water partition coefficient (Wildman–Crippen LogP) is 1.17. The lowest BCUT2D eigenvalue weighted by atomic mass is 9.98. The zero-order chi connectivity index (χ0) is 11.8. The largest absolute Gasteiger partial charge is 0.481 e. The molecule has 94 valence electrons. The standard InChI is InChI=1S/C12H24N2O2/c1-13-9-11-5-4-8-14(10-11)7-3-2-6-12(15)16/h11,13H,2-10H2,1H3,(H,15,16). The summed E-state index contributed by atoms with van der Waals surface area (Å²) >= 11 is 0. The lowest BCUT2D eigenvalue weighted by molar-refractivity contribution is -0.137. The van der Waals surface area contributed by atoms with Gasteiger partial charge in [0.15, 0.2) is 0 Å². The van der Waals surface area contributed by atoms with Crippen molar-refractivity contribution >= 4 is 5.97 Å². The molecule has 1 aliphatic rings. The van der Waals surface area contributed by atoms with Crippen LogP contribution in [0.4, 0.5) is 0 Å². The van der Waals surface area contributed by atoms with Gasteiger partial charge in [-0.2, -0.15) is 0 Å². The molecular formula is C12H24N2O2. The van der Waals surface area contributed by atoms with Crippen molar-refractivity contribution in [2.45, 2.75) is 32.1 Å². The summed E-state index contributed by atoms with van der Waals surface area (Å²) in [4.78, 5) is 12.8. The minimum Gasteiger partial charge on any atom is -0.481 e. The molecule has 1 saturated heterocycles. The summed E-state index contributed by atoms with van der Waals surface area (Å²) in [5.74, 6) is 0.102. The van der Waals surface area contributed by atoms with E-state index < -0.39 is 5.97 Å². The fraction of sp³-hybridized carbons (Fsp3) is 0.917. The van der Waals surface area contributed by atoms with Crippen molar-refractivity contribution in [2.75, 3.05) is 33.2 Å². The van der Waals surface area contributed by atoms with Crippen molar-refractivity contribution in [3.05, 3.63) is 0 Å². The number of piperidine rings is 1. The number of carboxylic acids is 1. The number of hydrogen-bond donors (Lipinski definition) is 2. The van der Waals surface area contributed by atoms with E-state index in [1.54, 1.807) is 0 Å². The third kappa shape index (κ3) is 5.47. The van der Waals surface area contributed by atoms with E-state index in [0.29, 0.717) is 6.42 Å². The van der Waals surface area contributed by atoms with Crippen LogP contribution >= 0.6 is 0 Å². The second-order valence-electron chi connectivity index (χ2n) is 4.72. The molecule has 1 heterocycles. The highest BCUT2D eigenvalue weighted by Gasteiger charge is 2.18. The van der Waals surface area contributed by atoms with Gasteiger partial charge in [0, 0.05) is 13.0 Å². The minimum atomic E-state index is -0.674. The maximum absolute atomic E-state index is 10.4. The topological polar surface area (TPSA) is 52.6 Å². The Bertz CT molecular complexity index is 207. The van der Waals surface area contributed by atoms with Gasteiger partial charge < -0.3 is 15.3 Å². The Kier molecular flexibility index (Phi) is 6.42. The number of hydrogen-bond acceptors (Lipinski definition) is 3. The van der Waals surface area contributed by atoms with E-state index in [4.69, 9.17) is 5.11 Å². The van der Waals surface area contributed by atoms with Crippen molar-refractivity contribution in [3.63, 3.8) is 0 Å². The van der Waals surface area contributed by atoms with Gasteiger partial charge in [-0.05, 0) is 58.3 Å². The van der Waals surface area contributed by atoms with Crippen LogP contribution in [0.1, 0.15) is 32.1 Å². The summed E-state index contributed by atoms with van der Waals surface area (Å²) in [5, 5.41) is 11.8. The average molecular weight is 228 g/mol. The molecule has 1 rings (SSSR count). The van der Waals surface area contributed by atoms with Crippen LogP contribution in [0.5, 0.6) is 0 Å². The number of unbranched alkanes of at least 4 members (excludes halogenated alkanes) is 1. The predicted molar refractivity (Wildman–Crippen MR) is 64.6 cm³/mol. The van der Waals surface area contributed by atoms with Crippen LogP contribution in [0.25, 0.3) is 0 Å². The third-order valence-electron chi connectivity index (χ3n) is 3.21. The molecule has 4 nitrogen and oxygen atoms in total. The third-order valence-corrected chi connectivity index (χ3v) is 3.21. The highest BCUT2D eigenvalue weighted by molar-refractivity contribution is 5.66. The SMILES string of the molecule is CNCC1CCCN(CCCCC(=O)O)C1. The molecule has 2 N–H and O–H groups in total. The van der Waals surface area contributed by atoms with E-state index in [2.05, 4.69) is 10.2 Å². The number of nitrogens with zero attached hydrogens (tertiary/aromatic N) is 1. The van der Waals surface area contributed by atoms with Crippen LogP contribution in [0, 0.1) is 5.92 Å². The number of carbonyl (C=O) groups is 1. The first-order valence-corrected chi connectivity index (χ1v) is 6.31. The molecule has 0 aliphatic carbocycles. The maximum atomic E-state index is 10.4. The molecule has 1 aliphatic heterocycles. The van der Waals surface area contributed by atoms with Crippen molar-refractivity contribution in [1.82, 2.24) is 10.2 Å². The van der Waals surface area contributed by atoms with Gasteiger partial charge in [0.05, 0.1) is 0 Å². The van der Waals surface area contributed by atoms with E-state index >= 15 is 0 Å². The molecule has 0 spiro atoms. The fourth-order valence-corrected chi connectivity index (χ4v) is 2.42. The van der Waals surface area contributed by atoms with Crippen LogP contribution in [0.15, 0.2) is 0 Å². The Morgan fingerprint density at radius 3 is 3.00 bits per heavy atom. The summed E-state index contributed by atoms with van der Waals surface area (Å²) in [6.07, 6.45) is 4.74. The van der Waals surface area contributed by atoms with E-state index in [1.807, 2.05) is 7.05 Å². The Balaban J connectivity index is 2.09. The van der Waals surface area contributed by atoms with Gasteiger partial charge in [-0.3, -0.25) is 4.79 Å². The first-order valence-electron chi connectivity index (χ1n) is 6.31. The van der Waals surface area contributed by atoms with Crippen LogP contribution in [-0.4, -0.2) is 49.2 Å². The number of carboxylic acid groups (broad SMARTS) is 1.